The van der Waals surface area contributed by atoms with Gasteiger partial charge in [-0.2, -0.15) is 0 Å². The third-order valence-electron chi connectivity index (χ3n) is 2.06. The van der Waals surface area contributed by atoms with Gasteiger partial charge < -0.3 is 17.3 Å². The van der Waals surface area contributed by atoms with Gasteiger partial charge in [-0.25, -0.2) is 4.39 Å². The average Bonchev–Trinajstić information content (AvgIpc) is 2.56. The predicted molar refractivity (Wildman–Crippen MR) is 66.4 cm³/mol. The van der Waals surface area contributed by atoms with Crippen LogP contribution in [0.4, 0.5) is 21.7 Å². The Morgan fingerprint density at radius 3 is 1.84 bits per heavy atom. The fourth-order valence-corrected chi connectivity index (χ4v) is 1.34. The molecule has 0 radical (unpaired) electrons. The van der Waals surface area contributed by atoms with E-state index in [1.54, 1.807) is 12.1 Å². The van der Waals surface area contributed by atoms with Crippen molar-refractivity contribution < 1.29 is 21.7 Å². The van der Waals surface area contributed by atoms with Crippen molar-refractivity contribution in [1.82, 2.24) is 0 Å². The van der Waals surface area contributed by atoms with Gasteiger partial charge in [0.15, 0.2) is 0 Å². The van der Waals surface area contributed by atoms with Crippen molar-refractivity contribution in [3.63, 3.8) is 0 Å². The molecular formula is C13H10BF5. The van der Waals surface area contributed by atoms with Crippen LogP contribution in [0.1, 0.15) is 0 Å². The summed E-state index contributed by atoms with van der Waals surface area (Å²) >= 11 is 0. The fourth-order valence-electron chi connectivity index (χ4n) is 1.34. The first kappa shape index (κ1) is 15.1. The van der Waals surface area contributed by atoms with E-state index in [2.05, 4.69) is 0 Å². The van der Waals surface area contributed by atoms with Crippen LogP contribution in [-0.2, 0) is 0 Å². The first-order valence-electron chi connectivity index (χ1n) is 5.38. The van der Waals surface area contributed by atoms with Gasteiger partial charge in [-0.1, -0.05) is 12.1 Å². The van der Waals surface area contributed by atoms with Crippen LogP contribution in [0.3, 0.4) is 0 Å². The maximum absolute atomic E-state index is 12.7. The van der Waals surface area contributed by atoms with Gasteiger partial charge in [-0.15, -0.1) is 0 Å². The van der Waals surface area contributed by atoms with E-state index in [0.29, 0.717) is 0 Å². The smallest absolute Gasteiger partial charge is 0.418 e. The molecule has 0 N–H and O–H groups in total. The quantitative estimate of drug-likeness (QED) is 0.386. The van der Waals surface area contributed by atoms with Crippen molar-refractivity contribution in [2.24, 2.45) is 0 Å². The zero-order chi connectivity index (χ0) is 14.3. The Balaban J connectivity index is 0.000000312. The lowest BCUT2D eigenvalue weighted by molar-refractivity contribution is 0.368. The first-order chi connectivity index (χ1) is 8.86. The van der Waals surface area contributed by atoms with Crippen LogP contribution < -0.4 is 0 Å². The monoisotopic (exact) mass is 272 g/mol. The third kappa shape index (κ3) is 7.13. The van der Waals surface area contributed by atoms with Gasteiger partial charge in [0.25, 0.3) is 0 Å². The lowest BCUT2D eigenvalue weighted by atomic mass is 10.1. The standard InChI is InChI=1S/C13H10F.BF4/c14-13-9-7-12(8-10-13)11-5-3-1-2-4-6-11;2-1(3,4)5/h1-10H;/q+1;-1. The van der Waals surface area contributed by atoms with Crippen molar-refractivity contribution in [2.45, 2.75) is 0 Å². The van der Waals surface area contributed by atoms with Crippen LogP contribution in [0.15, 0.2) is 60.7 Å². The first-order valence-corrected chi connectivity index (χ1v) is 5.38. The Labute approximate surface area is 107 Å². The van der Waals surface area contributed by atoms with Crippen molar-refractivity contribution in [3.05, 3.63) is 66.5 Å². The van der Waals surface area contributed by atoms with E-state index in [-0.39, 0.29) is 5.82 Å². The summed E-state index contributed by atoms with van der Waals surface area (Å²) in [6, 6.07) is 18.4. The molecule has 19 heavy (non-hydrogen) atoms. The second kappa shape index (κ2) is 6.82. The fraction of sp³-hybridized carbons (Fsp3) is 0. The van der Waals surface area contributed by atoms with Gasteiger partial charge in [-0.3, -0.25) is 0 Å². The van der Waals surface area contributed by atoms with Gasteiger partial charge in [0, 0.05) is 42.0 Å². The molecule has 0 nitrogen and oxygen atoms in total. The highest BCUT2D eigenvalue weighted by atomic mass is 19.5. The van der Waals surface area contributed by atoms with Crippen LogP contribution in [0.25, 0.3) is 11.1 Å². The Bertz CT molecular complexity index is 489. The number of rotatable bonds is 1. The lowest BCUT2D eigenvalue weighted by Crippen LogP contribution is -2.02. The van der Waals surface area contributed by atoms with E-state index >= 15 is 0 Å². The van der Waals surface area contributed by atoms with Crippen molar-refractivity contribution in [1.29, 1.82) is 0 Å². The summed E-state index contributed by atoms with van der Waals surface area (Å²) in [6.45, 7) is 0. The minimum absolute atomic E-state index is 0.200. The molecule has 100 valence electrons. The molecule has 0 fully saturated rings. The molecule has 2 rings (SSSR count). The zero-order valence-electron chi connectivity index (χ0n) is 9.74. The summed E-state index contributed by atoms with van der Waals surface area (Å²) in [5.74, 6) is -0.200. The van der Waals surface area contributed by atoms with Gasteiger partial charge >= 0.3 is 7.25 Å². The van der Waals surface area contributed by atoms with E-state index < -0.39 is 7.25 Å². The summed E-state index contributed by atoms with van der Waals surface area (Å²) in [6.07, 6.45) is 0. The maximum atomic E-state index is 12.7. The Morgan fingerprint density at radius 1 is 0.737 bits per heavy atom. The molecule has 0 atom stereocenters. The highest BCUT2D eigenvalue weighted by Crippen LogP contribution is 2.17. The van der Waals surface area contributed by atoms with Gasteiger partial charge in [-0.05, 0) is 17.7 Å². The molecule has 2 aromatic carbocycles. The molecule has 6 heteroatoms. The molecule has 0 heterocycles. The van der Waals surface area contributed by atoms with E-state index in [4.69, 9.17) is 0 Å². The molecule has 0 aromatic heterocycles. The summed E-state index contributed by atoms with van der Waals surface area (Å²) in [7, 11) is -6.00. The molecule has 0 saturated carbocycles. The molecule has 0 aliphatic carbocycles. The largest absolute Gasteiger partial charge is 0.673 e. The SMILES string of the molecule is F[B-](F)(F)F.Fc1ccc(-c2ccc[cH+]cc2)cc1. The maximum Gasteiger partial charge on any atom is 0.673 e. The normalized spacial score (nSPS) is 10.4. The minimum Gasteiger partial charge on any atom is -0.418 e. The number of hydrogen-bond donors (Lipinski definition) is 0. The Kier molecular flexibility index (Phi) is 5.42. The van der Waals surface area contributed by atoms with Crippen LogP contribution in [0.5, 0.6) is 0 Å². The second-order valence-electron chi connectivity index (χ2n) is 3.56. The Hall–Kier alpha value is -1.98. The van der Waals surface area contributed by atoms with E-state index in [1.165, 1.54) is 12.1 Å². The van der Waals surface area contributed by atoms with Gasteiger partial charge in [0.1, 0.15) is 5.82 Å². The van der Waals surface area contributed by atoms with Gasteiger partial charge in [0.2, 0.25) is 0 Å². The molecule has 0 saturated heterocycles. The van der Waals surface area contributed by atoms with E-state index in [9.17, 15) is 21.7 Å². The van der Waals surface area contributed by atoms with Crippen LogP contribution in [-0.4, -0.2) is 7.25 Å². The number of benzene rings is 1. The van der Waals surface area contributed by atoms with Crippen molar-refractivity contribution >= 4 is 7.25 Å². The highest BCUT2D eigenvalue weighted by Gasteiger charge is 2.20. The van der Waals surface area contributed by atoms with Crippen LogP contribution in [0, 0.1) is 5.82 Å². The van der Waals surface area contributed by atoms with E-state index in [0.717, 1.165) is 11.1 Å². The summed E-state index contributed by atoms with van der Waals surface area (Å²) in [5, 5.41) is 0. The summed E-state index contributed by atoms with van der Waals surface area (Å²) in [4.78, 5) is 0. The second-order valence-corrected chi connectivity index (χ2v) is 3.56. The minimum atomic E-state index is -6.00. The van der Waals surface area contributed by atoms with Crippen LogP contribution in [0.2, 0.25) is 0 Å². The van der Waals surface area contributed by atoms with E-state index in [1.807, 2.05) is 36.4 Å². The molecule has 0 aliphatic rings. The molecule has 2 aromatic rings. The average molecular weight is 272 g/mol. The predicted octanol–water partition coefficient (Wildman–Crippen LogP) is 5.07. The van der Waals surface area contributed by atoms with Gasteiger partial charge in [0.05, 0.1) is 0 Å². The third-order valence-corrected chi connectivity index (χ3v) is 2.06. The molecule has 0 bridgehead atoms. The Morgan fingerprint density at radius 2 is 1.26 bits per heavy atom. The summed E-state index contributed by atoms with van der Waals surface area (Å²) in [5.41, 5.74) is 2.12. The highest BCUT2D eigenvalue weighted by molar-refractivity contribution is 6.50. The lowest BCUT2D eigenvalue weighted by Gasteiger charge is -1.94. The molecular weight excluding hydrogens is 262 g/mol. The number of halogens is 5. The van der Waals surface area contributed by atoms with Crippen molar-refractivity contribution in [2.75, 3.05) is 0 Å². The summed E-state index contributed by atoms with van der Waals surface area (Å²) < 4.78 is 51.7. The number of hydrogen-bond acceptors (Lipinski definition) is 0. The zero-order valence-corrected chi connectivity index (χ0v) is 9.74. The molecule has 0 spiro atoms. The molecule has 0 unspecified atom stereocenters. The molecule has 0 aliphatic heterocycles. The topological polar surface area (TPSA) is 0 Å². The molecule has 0 amide bonds. The van der Waals surface area contributed by atoms with Crippen LogP contribution >= 0.6 is 0 Å². The van der Waals surface area contributed by atoms with Crippen molar-refractivity contribution in [3.8, 4) is 11.1 Å².